The van der Waals surface area contributed by atoms with Crippen LogP contribution >= 0.6 is 0 Å². The molecule has 0 saturated carbocycles. The zero-order chi connectivity index (χ0) is 15.8. The molecule has 1 unspecified atom stereocenters. The van der Waals surface area contributed by atoms with Crippen molar-refractivity contribution in [3.8, 4) is 5.75 Å². The lowest BCUT2D eigenvalue weighted by Gasteiger charge is -2.23. The third-order valence-electron chi connectivity index (χ3n) is 4.04. The molecule has 1 saturated heterocycles. The summed E-state index contributed by atoms with van der Waals surface area (Å²) in [6.45, 7) is 7.29. The zero-order valence-corrected chi connectivity index (χ0v) is 13.7. The predicted octanol–water partition coefficient (Wildman–Crippen LogP) is 2.87. The van der Waals surface area contributed by atoms with Crippen molar-refractivity contribution in [2.75, 3.05) is 26.3 Å². The molecule has 1 atom stereocenters. The average Bonchev–Trinajstić information content (AvgIpc) is 2.53. The van der Waals surface area contributed by atoms with E-state index in [1.807, 2.05) is 19.1 Å². The molecule has 2 rings (SSSR count). The number of esters is 1. The van der Waals surface area contributed by atoms with Crippen molar-refractivity contribution in [2.45, 2.75) is 39.5 Å². The van der Waals surface area contributed by atoms with Gasteiger partial charge in [-0.3, -0.25) is 4.79 Å². The number of benzene rings is 1. The highest BCUT2D eigenvalue weighted by molar-refractivity contribution is 5.69. The lowest BCUT2D eigenvalue weighted by molar-refractivity contribution is -0.143. The first kappa shape index (κ1) is 16.8. The third-order valence-corrected chi connectivity index (χ3v) is 4.04. The van der Waals surface area contributed by atoms with Crippen LogP contribution in [0.15, 0.2) is 18.2 Å². The summed E-state index contributed by atoms with van der Waals surface area (Å²) in [5.74, 6) is 1.42. The molecule has 4 nitrogen and oxygen atoms in total. The van der Waals surface area contributed by atoms with Gasteiger partial charge in [-0.1, -0.05) is 12.1 Å². The number of aryl methyl sites for hydroxylation is 2. The van der Waals surface area contributed by atoms with E-state index in [2.05, 4.69) is 18.3 Å². The molecule has 1 N–H and O–H groups in total. The standard InChI is InChI=1S/C18H27NO3/c1-3-21-18(20)9-7-15-6-8-17(14(2)11-15)22-13-16-5-4-10-19-12-16/h6,8,11,16,19H,3-5,7,9-10,12-13H2,1-2H3. The van der Waals surface area contributed by atoms with Crippen LogP contribution in [0.2, 0.25) is 0 Å². The van der Waals surface area contributed by atoms with Gasteiger partial charge in [-0.15, -0.1) is 0 Å². The molecule has 1 aliphatic rings. The Hall–Kier alpha value is -1.55. The molecule has 0 aliphatic carbocycles. The molecule has 4 heteroatoms. The fourth-order valence-corrected chi connectivity index (χ4v) is 2.78. The minimum Gasteiger partial charge on any atom is -0.493 e. The van der Waals surface area contributed by atoms with Crippen LogP contribution in [-0.2, 0) is 16.0 Å². The molecular formula is C18H27NO3. The first-order chi connectivity index (χ1) is 10.7. The van der Waals surface area contributed by atoms with Crippen molar-refractivity contribution in [3.63, 3.8) is 0 Å². The minimum absolute atomic E-state index is 0.134. The highest BCUT2D eigenvalue weighted by Crippen LogP contribution is 2.21. The average molecular weight is 305 g/mol. The highest BCUT2D eigenvalue weighted by Gasteiger charge is 2.14. The van der Waals surface area contributed by atoms with Gasteiger partial charge in [-0.25, -0.2) is 0 Å². The van der Waals surface area contributed by atoms with Gasteiger partial charge in [0.05, 0.1) is 13.2 Å². The van der Waals surface area contributed by atoms with Gasteiger partial charge in [0.15, 0.2) is 0 Å². The fourth-order valence-electron chi connectivity index (χ4n) is 2.78. The van der Waals surface area contributed by atoms with Crippen LogP contribution in [0, 0.1) is 12.8 Å². The Morgan fingerprint density at radius 2 is 2.27 bits per heavy atom. The third kappa shape index (κ3) is 5.34. The second kappa shape index (κ2) is 8.79. The molecule has 1 aliphatic heterocycles. The van der Waals surface area contributed by atoms with Crippen LogP contribution in [0.25, 0.3) is 0 Å². The molecule has 1 aromatic rings. The van der Waals surface area contributed by atoms with Crippen molar-refractivity contribution < 1.29 is 14.3 Å². The van der Waals surface area contributed by atoms with Gasteiger partial charge in [0.25, 0.3) is 0 Å². The van der Waals surface area contributed by atoms with Crippen LogP contribution in [0.3, 0.4) is 0 Å². The smallest absolute Gasteiger partial charge is 0.306 e. The van der Waals surface area contributed by atoms with E-state index in [1.165, 1.54) is 12.8 Å². The Balaban J connectivity index is 1.82. The van der Waals surface area contributed by atoms with Crippen molar-refractivity contribution in [3.05, 3.63) is 29.3 Å². The van der Waals surface area contributed by atoms with Crippen LogP contribution in [0.5, 0.6) is 5.75 Å². The predicted molar refractivity (Wildman–Crippen MR) is 87.2 cm³/mol. The number of ether oxygens (including phenoxy) is 2. The monoisotopic (exact) mass is 305 g/mol. The van der Waals surface area contributed by atoms with E-state index in [-0.39, 0.29) is 5.97 Å². The highest BCUT2D eigenvalue weighted by atomic mass is 16.5. The summed E-state index contributed by atoms with van der Waals surface area (Å²) in [5.41, 5.74) is 2.28. The van der Waals surface area contributed by atoms with Gasteiger partial charge in [-0.05, 0) is 56.8 Å². The van der Waals surface area contributed by atoms with Gasteiger partial charge in [0.1, 0.15) is 5.75 Å². The van der Waals surface area contributed by atoms with Gasteiger partial charge in [-0.2, -0.15) is 0 Å². The summed E-state index contributed by atoms with van der Waals surface area (Å²) in [6.07, 6.45) is 3.62. The molecule has 1 heterocycles. The molecule has 0 aromatic heterocycles. The van der Waals surface area contributed by atoms with Crippen molar-refractivity contribution in [2.24, 2.45) is 5.92 Å². The van der Waals surface area contributed by atoms with Gasteiger partial charge < -0.3 is 14.8 Å². The van der Waals surface area contributed by atoms with Gasteiger partial charge >= 0.3 is 5.97 Å². The number of carbonyl (C=O) groups is 1. The molecule has 0 radical (unpaired) electrons. The number of nitrogens with one attached hydrogen (secondary N) is 1. The molecule has 22 heavy (non-hydrogen) atoms. The number of rotatable bonds is 7. The maximum absolute atomic E-state index is 11.4. The molecule has 122 valence electrons. The molecule has 0 amide bonds. The van der Waals surface area contributed by atoms with Crippen LogP contribution in [0.1, 0.15) is 37.3 Å². The Labute approximate surface area is 133 Å². The topological polar surface area (TPSA) is 47.6 Å². The summed E-state index contributed by atoms with van der Waals surface area (Å²) >= 11 is 0. The zero-order valence-electron chi connectivity index (χ0n) is 13.7. The van der Waals surface area contributed by atoms with Crippen LogP contribution in [0.4, 0.5) is 0 Å². The molecule has 1 fully saturated rings. The van der Waals surface area contributed by atoms with E-state index in [4.69, 9.17) is 9.47 Å². The Morgan fingerprint density at radius 1 is 1.41 bits per heavy atom. The fraction of sp³-hybridized carbons (Fsp3) is 0.611. The normalized spacial score (nSPS) is 18.0. The van der Waals surface area contributed by atoms with Gasteiger partial charge in [0, 0.05) is 18.9 Å². The summed E-state index contributed by atoms with van der Waals surface area (Å²) in [7, 11) is 0. The largest absolute Gasteiger partial charge is 0.493 e. The quantitative estimate of drug-likeness (QED) is 0.787. The Morgan fingerprint density at radius 3 is 2.95 bits per heavy atom. The number of piperidine rings is 1. The van der Waals surface area contributed by atoms with Crippen molar-refractivity contribution in [1.82, 2.24) is 5.32 Å². The molecule has 0 bridgehead atoms. The van der Waals surface area contributed by atoms with Crippen molar-refractivity contribution >= 4 is 5.97 Å². The molecule has 0 spiro atoms. The summed E-state index contributed by atoms with van der Waals surface area (Å²) in [4.78, 5) is 11.4. The van der Waals surface area contributed by atoms with E-state index in [0.717, 1.165) is 36.6 Å². The van der Waals surface area contributed by atoms with E-state index in [1.54, 1.807) is 0 Å². The lowest BCUT2D eigenvalue weighted by Crippen LogP contribution is -2.33. The van der Waals surface area contributed by atoms with Crippen molar-refractivity contribution in [1.29, 1.82) is 0 Å². The summed E-state index contributed by atoms with van der Waals surface area (Å²) in [6, 6.07) is 6.17. The van der Waals surface area contributed by atoms with E-state index in [0.29, 0.717) is 25.4 Å². The van der Waals surface area contributed by atoms with Crippen LogP contribution in [-0.4, -0.2) is 32.3 Å². The number of carbonyl (C=O) groups excluding carboxylic acids is 1. The maximum atomic E-state index is 11.4. The maximum Gasteiger partial charge on any atom is 0.306 e. The Bertz CT molecular complexity index is 481. The number of hydrogen-bond acceptors (Lipinski definition) is 4. The number of hydrogen-bond donors (Lipinski definition) is 1. The Kier molecular flexibility index (Phi) is 6.72. The first-order valence-corrected chi connectivity index (χ1v) is 8.27. The van der Waals surface area contributed by atoms with Gasteiger partial charge in [0.2, 0.25) is 0 Å². The van der Waals surface area contributed by atoms with Crippen LogP contribution < -0.4 is 10.1 Å². The van der Waals surface area contributed by atoms with E-state index in [9.17, 15) is 4.79 Å². The lowest BCUT2D eigenvalue weighted by atomic mass is 10.0. The van der Waals surface area contributed by atoms with E-state index < -0.39 is 0 Å². The summed E-state index contributed by atoms with van der Waals surface area (Å²) in [5, 5.41) is 3.41. The second-order valence-electron chi connectivity index (χ2n) is 5.93. The molecular weight excluding hydrogens is 278 g/mol. The molecule has 1 aromatic carbocycles. The minimum atomic E-state index is -0.134. The second-order valence-corrected chi connectivity index (χ2v) is 5.93. The first-order valence-electron chi connectivity index (χ1n) is 8.27. The van der Waals surface area contributed by atoms with E-state index >= 15 is 0 Å². The summed E-state index contributed by atoms with van der Waals surface area (Å²) < 4.78 is 10.9. The SMILES string of the molecule is CCOC(=O)CCc1ccc(OCC2CCCNC2)c(C)c1.